The van der Waals surface area contributed by atoms with Gasteiger partial charge in [0.05, 0.1) is 19.4 Å². The number of nitrogens with zero attached hydrogens (tertiary/aromatic N) is 1. The van der Waals surface area contributed by atoms with Crippen LogP contribution in [-0.4, -0.2) is 24.5 Å². The fourth-order valence-corrected chi connectivity index (χ4v) is 2.23. The highest BCUT2D eigenvalue weighted by Crippen LogP contribution is 2.29. The number of ether oxygens (including phenoxy) is 3. The smallest absolute Gasteiger partial charge is 0.184 e. The van der Waals surface area contributed by atoms with Crippen molar-refractivity contribution in [2.75, 3.05) is 13.2 Å². The first-order valence-corrected chi connectivity index (χ1v) is 8.73. The van der Waals surface area contributed by atoms with Crippen LogP contribution in [-0.2, 0) is 6.61 Å². The monoisotopic (exact) mass is 373 g/mol. The fraction of sp³-hybridized carbons (Fsp3) is 0.263. The van der Waals surface area contributed by atoms with Crippen LogP contribution < -0.4 is 25.4 Å². The van der Waals surface area contributed by atoms with E-state index in [1.165, 1.54) is 0 Å². The maximum atomic E-state index is 5.83. The van der Waals surface area contributed by atoms with Crippen LogP contribution in [0, 0.1) is 0 Å². The second-order valence-electron chi connectivity index (χ2n) is 5.24. The second-order valence-corrected chi connectivity index (χ2v) is 5.68. The average molecular weight is 373 g/mol. The van der Waals surface area contributed by atoms with Gasteiger partial charge in [0.15, 0.2) is 16.6 Å². The molecule has 0 heterocycles. The number of hydrogen-bond acceptors (Lipinski definition) is 5. The van der Waals surface area contributed by atoms with Gasteiger partial charge in [-0.1, -0.05) is 6.07 Å². The van der Waals surface area contributed by atoms with E-state index in [0.717, 1.165) is 28.4 Å². The molecule has 2 aromatic rings. The molecule has 0 aliphatic carbocycles. The van der Waals surface area contributed by atoms with E-state index in [2.05, 4.69) is 22.7 Å². The third-order valence-electron chi connectivity index (χ3n) is 3.28. The van der Waals surface area contributed by atoms with Gasteiger partial charge in [0.1, 0.15) is 12.4 Å². The van der Waals surface area contributed by atoms with Gasteiger partial charge in [0.2, 0.25) is 0 Å². The van der Waals surface area contributed by atoms with Gasteiger partial charge >= 0.3 is 0 Å². The molecule has 0 fully saturated rings. The van der Waals surface area contributed by atoms with Crippen molar-refractivity contribution in [2.24, 2.45) is 10.8 Å². The number of rotatable bonds is 9. The Bertz CT molecular complexity index is 748. The molecule has 6 nitrogen and oxygen atoms in total. The van der Waals surface area contributed by atoms with E-state index >= 15 is 0 Å². The van der Waals surface area contributed by atoms with Gasteiger partial charge in [-0.05, 0) is 73.6 Å². The van der Waals surface area contributed by atoms with Crippen molar-refractivity contribution < 1.29 is 14.2 Å². The summed E-state index contributed by atoms with van der Waals surface area (Å²) in [4.78, 5) is 0. The van der Waals surface area contributed by atoms with E-state index in [1.54, 1.807) is 6.21 Å². The van der Waals surface area contributed by atoms with Crippen LogP contribution in [0.5, 0.6) is 17.2 Å². The molecule has 3 N–H and O–H groups in total. The van der Waals surface area contributed by atoms with Crippen LogP contribution in [0.2, 0.25) is 0 Å². The lowest BCUT2D eigenvalue weighted by molar-refractivity contribution is 0.283. The number of hydrazone groups is 1. The first kappa shape index (κ1) is 19.5. The molecule has 0 aromatic heterocycles. The standard InChI is InChI=1S/C19H23N3O3S/c1-3-23-17-10-7-15(11-18(17)24-4-2)13-25-16-8-5-14(6-9-16)12-21-22-19(20)26/h5-12H,3-4,13H2,1-2H3,(H3,20,22,26). The Hall–Kier alpha value is -2.80. The lowest BCUT2D eigenvalue weighted by Gasteiger charge is -2.13. The van der Waals surface area contributed by atoms with Gasteiger partial charge in [0, 0.05) is 0 Å². The molecule has 0 amide bonds. The summed E-state index contributed by atoms with van der Waals surface area (Å²) in [6, 6.07) is 13.3. The van der Waals surface area contributed by atoms with Gasteiger partial charge in [-0.3, -0.25) is 5.43 Å². The van der Waals surface area contributed by atoms with Crippen LogP contribution in [0.4, 0.5) is 0 Å². The first-order chi connectivity index (χ1) is 12.6. The van der Waals surface area contributed by atoms with Crippen molar-refractivity contribution in [1.82, 2.24) is 5.43 Å². The number of nitrogens with two attached hydrogens (primary N) is 1. The molecule has 26 heavy (non-hydrogen) atoms. The molecule has 7 heteroatoms. The molecule has 138 valence electrons. The molecule has 0 saturated carbocycles. The maximum absolute atomic E-state index is 5.83. The van der Waals surface area contributed by atoms with Crippen LogP contribution in [0.3, 0.4) is 0 Å². The topological polar surface area (TPSA) is 78.1 Å². The SMILES string of the molecule is CCOc1ccc(COc2ccc(C=NNC(N)=S)cc2)cc1OCC. The molecule has 0 atom stereocenters. The van der Waals surface area contributed by atoms with Crippen LogP contribution in [0.1, 0.15) is 25.0 Å². The molecular formula is C19H23N3O3S. The largest absolute Gasteiger partial charge is 0.490 e. The van der Waals surface area contributed by atoms with Gasteiger partial charge in [-0.2, -0.15) is 5.10 Å². The highest BCUT2D eigenvalue weighted by Gasteiger charge is 2.06. The molecule has 2 rings (SSSR count). The van der Waals surface area contributed by atoms with Crippen LogP contribution >= 0.6 is 12.2 Å². The Morgan fingerprint density at radius 1 is 1.04 bits per heavy atom. The summed E-state index contributed by atoms with van der Waals surface area (Å²) < 4.78 is 17.0. The van der Waals surface area contributed by atoms with E-state index in [9.17, 15) is 0 Å². The number of thiocarbonyl (C=S) groups is 1. The Morgan fingerprint density at radius 2 is 1.73 bits per heavy atom. The zero-order chi connectivity index (χ0) is 18.8. The maximum Gasteiger partial charge on any atom is 0.184 e. The Balaban J connectivity index is 1.96. The summed E-state index contributed by atoms with van der Waals surface area (Å²) in [6.07, 6.45) is 1.63. The zero-order valence-electron chi connectivity index (χ0n) is 14.9. The van der Waals surface area contributed by atoms with Gasteiger partial charge in [0.25, 0.3) is 0 Å². The fourth-order valence-electron chi connectivity index (χ4n) is 2.17. The summed E-state index contributed by atoms with van der Waals surface area (Å²) in [5.74, 6) is 2.23. The molecule has 0 unspecified atom stereocenters. The van der Waals surface area contributed by atoms with Crippen LogP contribution in [0.25, 0.3) is 0 Å². The summed E-state index contributed by atoms with van der Waals surface area (Å²) in [5.41, 5.74) is 9.72. The molecule has 0 bridgehead atoms. The number of hydrogen-bond donors (Lipinski definition) is 2. The molecule has 0 saturated heterocycles. The lowest BCUT2D eigenvalue weighted by Crippen LogP contribution is -2.23. The van der Waals surface area contributed by atoms with E-state index in [0.29, 0.717) is 19.8 Å². The third-order valence-corrected chi connectivity index (χ3v) is 3.37. The highest BCUT2D eigenvalue weighted by atomic mass is 32.1. The molecule has 0 aliphatic rings. The van der Waals surface area contributed by atoms with Crippen molar-refractivity contribution in [3.05, 3.63) is 53.6 Å². The van der Waals surface area contributed by atoms with Crippen molar-refractivity contribution in [3.8, 4) is 17.2 Å². The predicted molar refractivity (Wildman–Crippen MR) is 107 cm³/mol. The number of benzene rings is 2. The van der Waals surface area contributed by atoms with E-state index in [4.69, 9.17) is 19.9 Å². The van der Waals surface area contributed by atoms with Crippen LogP contribution in [0.15, 0.2) is 47.6 Å². The van der Waals surface area contributed by atoms with Gasteiger partial charge in [-0.25, -0.2) is 0 Å². The zero-order valence-corrected chi connectivity index (χ0v) is 15.7. The summed E-state index contributed by atoms with van der Waals surface area (Å²) in [5, 5.41) is 4.03. The van der Waals surface area contributed by atoms with E-state index < -0.39 is 0 Å². The molecule has 0 spiro atoms. The van der Waals surface area contributed by atoms with Crippen molar-refractivity contribution in [1.29, 1.82) is 0 Å². The van der Waals surface area contributed by atoms with Gasteiger partial charge in [-0.15, -0.1) is 0 Å². The Labute approximate surface area is 158 Å². The quantitative estimate of drug-likeness (QED) is 0.399. The predicted octanol–water partition coefficient (Wildman–Crippen LogP) is 3.23. The number of nitrogens with one attached hydrogen (secondary N) is 1. The van der Waals surface area contributed by atoms with Crippen molar-refractivity contribution in [2.45, 2.75) is 20.5 Å². The summed E-state index contributed by atoms with van der Waals surface area (Å²) in [7, 11) is 0. The highest BCUT2D eigenvalue weighted by molar-refractivity contribution is 7.80. The minimum atomic E-state index is 0.128. The first-order valence-electron chi connectivity index (χ1n) is 8.32. The molecule has 2 aromatic carbocycles. The molecular weight excluding hydrogens is 350 g/mol. The third kappa shape index (κ3) is 6.25. The summed E-state index contributed by atoms with van der Waals surface area (Å²) in [6.45, 7) is 5.50. The van der Waals surface area contributed by atoms with Crippen molar-refractivity contribution in [3.63, 3.8) is 0 Å². The minimum absolute atomic E-state index is 0.128. The lowest BCUT2D eigenvalue weighted by atomic mass is 10.2. The van der Waals surface area contributed by atoms with Gasteiger partial charge < -0.3 is 19.9 Å². The minimum Gasteiger partial charge on any atom is -0.490 e. The molecule has 0 radical (unpaired) electrons. The van der Waals surface area contributed by atoms with E-state index in [1.807, 2.05) is 56.3 Å². The second kappa shape index (κ2) is 10.2. The summed E-state index contributed by atoms with van der Waals surface area (Å²) >= 11 is 4.68. The Kier molecular flexibility index (Phi) is 7.70. The van der Waals surface area contributed by atoms with Crippen molar-refractivity contribution >= 4 is 23.5 Å². The Morgan fingerprint density at radius 3 is 2.38 bits per heavy atom. The normalized spacial score (nSPS) is 10.5. The average Bonchev–Trinajstić information content (AvgIpc) is 2.63. The van der Waals surface area contributed by atoms with E-state index in [-0.39, 0.29) is 5.11 Å². The molecule has 0 aliphatic heterocycles.